The van der Waals surface area contributed by atoms with Gasteiger partial charge in [0.25, 0.3) is 0 Å². The number of hydrogen-bond donors (Lipinski definition) is 1. The van der Waals surface area contributed by atoms with Crippen molar-refractivity contribution in [1.29, 1.82) is 0 Å². The van der Waals surface area contributed by atoms with Gasteiger partial charge in [-0.05, 0) is 26.2 Å². The minimum Gasteiger partial charge on any atom is -0.466 e. The SMILES string of the molecule is CCOC(=O)CCCNC(=NC)N1CCSC2(CCCCC2)C1. The Morgan fingerprint density at radius 3 is 2.83 bits per heavy atom. The van der Waals surface area contributed by atoms with Crippen LogP contribution in [0.3, 0.4) is 0 Å². The second-order valence-corrected chi connectivity index (χ2v) is 7.96. The number of nitrogens with zero attached hydrogens (tertiary/aromatic N) is 2. The minimum absolute atomic E-state index is 0.111. The van der Waals surface area contributed by atoms with E-state index in [4.69, 9.17) is 4.74 Å². The Labute approximate surface area is 144 Å². The predicted molar refractivity (Wildman–Crippen MR) is 97.1 cm³/mol. The molecule has 2 aliphatic rings. The van der Waals surface area contributed by atoms with Gasteiger partial charge in [0.05, 0.1) is 6.61 Å². The summed E-state index contributed by atoms with van der Waals surface area (Å²) in [5, 5.41) is 3.42. The number of rotatable bonds is 5. The van der Waals surface area contributed by atoms with E-state index in [-0.39, 0.29) is 5.97 Å². The molecule has 0 unspecified atom stereocenters. The Balaban J connectivity index is 1.77. The lowest BCUT2D eigenvalue weighted by atomic mass is 9.87. The summed E-state index contributed by atoms with van der Waals surface area (Å²) in [4.78, 5) is 18.2. The van der Waals surface area contributed by atoms with Gasteiger partial charge < -0.3 is 15.0 Å². The first kappa shape index (κ1) is 18.4. The molecule has 0 atom stereocenters. The highest BCUT2D eigenvalue weighted by Crippen LogP contribution is 2.42. The molecule has 2 rings (SSSR count). The Morgan fingerprint density at radius 1 is 1.35 bits per heavy atom. The van der Waals surface area contributed by atoms with Crippen molar-refractivity contribution in [2.45, 2.75) is 56.6 Å². The van der Waals surface area contributed by atoms with E-state index in [1.165, 1.54) is 37.9 Å². The van der Waals surface area contributed by atoms with Crippen LogP contribution in [-0.2, 0) is 9.53 Å². The van der Waals surface area contributed by atoms with Crippen molar-refractivity contribution in [3.63, 3.8) is 0 Å². The highest BCUT2D eigenvalue weighted by molar-refractivity contribution is 8.00. The lowest BCUT2D eigenvalue weighted by Crippen LogP contribution is -2.53. The highest BCUT2D eigenvalue weighted by Gasteiger charge is 2.38. The summed E-state index contributed by atoms with van der Waals surface area (Å²) in [5.41, 5.74) is 0. The largest absolute Gasteiger partial charge is 0.466 e. The molecule has 0 amide bonds. The van der Waals surface area contributed by atoms with E-state index in [0.717, 1.165) is 32.0 Å². The number of aliphatic imine (C=N–C) groups is 1. The molecule has 0 aromatic rings. The van der Waals surface area contributed by atoms with Crippen molar-refractivity contribution < 1.29 is 9.53 Å². The lowest BCUT2D eigenvalue weighted by Gasteiger charge is -2.45. The van der Waals surface area contributed by atoms with Crippen LogP contribution in [0, 0.1) is 0 Å². The van der Waals surface area contributed by atoms with Crippen molar-refractivity contribution in [2.75, 3.05) is 39.0 Å². The summed E-state index contributed by atoms with van der Waals surface area (Å²) in [6, 6.07) is 0. The summed E-state index contributed by atoms with van der Waals surface area (Å²) in [6.45, 7) is 5.23. The van der Waals surface area contributed by atoms with Gasteiger partial charge in [-0.2, -0.15) is 11.8 Å². The third-order valence-corrected chi connectivity index (χ3v) is 6.21. The van der Waals surface area contributed by atoms with Crippen LogP contribution in [0.1, 0.15) is 51.9 Å². The van der Waals surface area contributed by atoms with Crippen molar-refractivity contribution in [3.05, 3.63) is 0 Å². The van der Waals surface area contributed by atoms with Gasteiger partial charge in [-0.15, -0.1) is 0 Å². The van der Waals surface area contributed by atoms with Crippen LogP contribution in [0.2, 0.25) is 0 Å². The summed E-state index contributed by atoms with van der Waals surface area (Å²) >= 11 is 2.17. The third kappa shape index (κ3) is 5.59. The second-order valence-electron chi connectivity index (χ2n) is 6.40. The number of guanidine groups is 1. The molecule has 1 heterocycles. The van der Waals surface area contributed by atoms with Crippen LogP contribution in [0.15, 0.2) is 4.99 Å². The summed E-state index contributed by atoms with van der Waals surface area (Å²) in [7, 11) is 1.85. The number of nitrogens with one attached hydrogen (secondary N) is 1. The molecule has 2 fully saturated rings. The molecule has 1 aliphatic carbocycles. The Kier molecular flexibility index (Phi) is 7.53. The molecule has 1 aliphatic heterocycles. The zero-order valence-electron chi connectivity index (χ0n) is 14.6. The molecule has 0 radical (unpaired) electrons. The topological polar surface area (TPSA) is 53.9 Å². The number of ether oxygens (including phenoxy) is 1. The molecule has 0 bridgehead atoms. The van der Waals surface area contributed by atoms with Gasteiger partial charge in [0.2, 0.25) is 0 Å². The van der Waals surface area contributed by atoms with Crippen molar-refractivity contribution in [2.24, 2.45) is 4.99 Å². The maximum atomic E-state index is 11.4. The molecule has 23 heavy (non-hydrogen) atoms. The summed E-state index contributed by atoms with van der Waals surface area (Å²) in [5.74, 6) is 2.06. The van der Waals surface area contributed by atoms with Gasteiger partial charge in [-0.25, -0.2) is 0 Å². The molecule has 1 N–H and O–H groups in total. The maximum absolute atomic E-state index is 11.4. The van der Waals surface area contributed by atoms with Crippen molar-refractivity contribution in [3.8, 4) is 0 Å². The van der Waals surface area contributed by atoms with Crippen LogP contribution >= 0.6 is 11.8 Å². The number of thioether (sulfide) groups is 1. The first-order valence-corrected chi connectivity index (χ1v) is 9.93. The molecule has 5 nitrogen and oxygen atoms in total. The van der Waals surface area contributed by atoms with Gasteiger partial charge in [-0.3, -0.25) is 9.79 Å². The second kappa shape index (κ2) is 9.40. The van der Waals surface area contributed by atoms with E-state index in [9.17, 15) is 4.79 Å². The molecule has 0 aromatic carbocycles. The molecule has 0 aromatic heterocycles. The van der Waals surface area contributed by atoms with Gasteiger partial charge in [0.1, 0.15) is 0 Å². The number of hydrogen-bond acceptors (Lipinski definition) is 4. The van der Waals surface area contributed by atoms with E-state index < -0.39 is 0 Å². The van der Waals surface area contributed by atoms with Crippen molar-refractivity contribution >= 4 is 23.7 Å². The minimum atomic E-state index is -0.111. The van der Waals surface area contributed by atoms with E-state index in [1.807, 2.05) is 14.0 Å². The van der Waals surface area contributed by atoms with E-state index in [0.29, 0.717) is 17.8 Å². The smallest absolute Gasteiger partial charge is 0.305 e. The lowest BCUT2D eigenvalue weighted by molar-refractivity contribution is -0.143. The molecular weight excluding hydrogens is 310 g/mol. The third-order valence-electron chi connectivity index (χ3n) is 4.67. The van der Waals surface area contributed by atoms with Gasteiger partial charge in [0.15, 0.2) is 5.96 Å². The first-order chi connectivity index (χ1) is 11.2. The maximum Gasteiger partial charge on any atom is 0.305 e. The highest BCUT2D eigenvalue weighted by atomic mass is 32.2. The monoisotopic (exact) mass is 341 g/mol. The fraction of sp³-hybridized carbons (Fsp3) is 0.882. The average Bonchev–Trinajstić information content (AvgIpc) is 2.56. The summed E-state index contributed by atoms with van der Waals surface area (Å²) < 4.78 is 5.40. The number of carbonyl (C=O) groups excluding carboxylic acids is 1. The predicted octanol–water partition coefficient (Wildman–Crippen LogP) is 2.66. The first-order valence-electron chi connectivity index (χ1n) is 8.94. The number of carbonyl (C=O) groups is 1. The number of esters is 1. The Bertz CT molecular complexity index is 403. The Morgan fingerprint density at radius 2 is 2.13 bits per heavy atom. The Hall–Kier alpha value is -0.910. The van der Waals surface area contributed by atoms with Gasteiger partial charge in [-0.1, -0.05) is 19.3 Å². The molecule has 1 saturated carbocycles. The van der Waals surface area contributed by atoms with E-state index in [2.05, 4.69) is 27.0 Å². The molecule has 132 valence electrons. The van der Waals surface area contributed by atoms with Gasteiger partial charge >= 0.3 is 5.97 Å². The van der Waals surface area contributed by atoms with E-state index >= 15 is 0 Å². The summed E-state index contributed by atoms with van der Waals surface area (Å²) in [6.07, 6.45) is 8.06. The van der Waals surface area contributed by atoms with Crippen LogP contribution in [-0.4, -0.2) is 60.6 Å². The van der Waals surface area contributed by atoms with Gasteiger partial charge in [0, 0.05) is 43.6 Å². The normalized spacial score (nSPS) is 21.3. The van der Waals surface area contributed by atoms with Crippen LogP contribution in [0.4, 0.5) is 0 Å². The van der Waals surface area contributed by atoms with Crippen LogP contribution in [0.25, 0.3) is 0 Å². The molecule has 1 spiro atoms. The average molecular weight is 342 g/mol. The molecular formula is C17H31N3O2S. The molecule has 1 saturated heterocycles. The van der Waals surface area contributed by atoms with Crippen molar-refractivity contribution in [1.82, 2.24) is 10.2 Å². The molecule has 6 heteroatoms. The zero-order valence-corrected chi connectivity index (χ0v) is 15.4. The fourth-order valence-electron chi connectivity index (χ4n) is 3.52. The zero-order chi connectivity index (χ0) is 16.5. The van der Waals surface area contributed by atoms with Crippen LogP contribution < -0.4 is 5.32 Å². The standard InChI is InChI=1S/C17H31N3O2S/c1-3-22-15(21)8-7-11-19-16(18-2)20-12-13-23-17(14-20)9-5-4-6-10-17/h3-14H2,1-2H3,(H,18,19). The quantitative estimate of drug-likeness (QED) is 0.361. The van der Waals surface area contributed by atoms with E-state index in [1.54, 1.807) is 0 Å². The van der Waals surface area contributed by atoms with Crippen LogP contribution in [0.5, 0.6) is 0 Å². The fourth-order valence-corrected chi connectivity index (χ4v) is 5.09.